The molecule has 0 amide bonds. The Balaban J connectivity index is 0. The number of aliphatic hydroxyl groups excluding tert-OH is 3. The minimum Gasteiger partial charge on any atom is -0.394 e. The minimum absolute atomic E-state index is 0.365. The van der Waals surface area contributed by atoms with Gasteiger partial charge < -0.3 is 15.3 Å². The Morgan fingerprint density at radius 3 is 1.82 bits per heavy atom. The monoisotopic (exact) mass is 182 g/mol. The van der Waals surface area contributed by atoms with E-state index in [1.165, 1.54) is 0 Å². The first-order chi connectivity index (χ1) is 5.08. The summed E-state index contributed by atoms with van der Waals surface area (Å²) in [5.41, 5.74) is 0. The maximum Gasteiger partial charge on any atom is 0.244 e. The van der Waals surface area contributed by atoms with Crippen LogP contribution in [0.1, 0.15) is 0 Å². The lowest BCUT2D eigenvalue weighted by Gasteiger charge is -1.96. The van der Waals surface area contributed by atoms with Crippen molar-refractivity contribution in [2.75, 3.05) is 13.2 Å². The molecule has 0 bridgehead atoms. The number of carbonyl (C=O) groups is 1. The molecule has 0 atom stereocenters. The Labute approximate surface area is 69.7 Å². The molecule has 0 aliphatic carbocycles. The van der Waals surface area contributed by atoms with Crippen LogP contribution in [0.2, 0.25) is 0 Å². The molecular formula is C6H11ClO4. The molecular weight excluding hydrogens is 172 g/mol. The number of halogens is 1. The highest BCUT2D eigenvalue weighted by Gasteiger charge is 1.93. The quantitative estimate of drug-likeness (QED) is 0.397. The van der Waals surface area contributed by atoms with Gasteiger partial charge >= 0.3 is 0 Å². The molecule has 0 unspecified atom stereocenters. The molecule has 0 aromatic carbocycles. The van der Waals surface area contributed by atoms with E-state index in [0.717, 1.165) is 6.08 Å². The first-order valence-electron chi connectivity index (χ1n) is 2.80. The molecule has 0 aromatic heterocycles. The summed E-state index contributed by atoms with van der Waals surface area (Å²) < 4.78 is 0. The third kappa shape index (κ3) is 17.7. The van der Waals surface area contributed by atoms with Crippen LogP contribution < -0.4 is 0 Å². The topological polar surface area (TPSA) is 77.8 Å². The van der Waals surface area contributed by atoms with Gasteiger partial charge in [0.05, 0.1) is 13.2 Å². The molecule has 0 fully saturated rings. The Hall–Kier alpha value is -0.420. The predicted molar refractivity (Wildman–Crippen MR) is 41.2 cm³/mol. The molecule has 11 heavy (non-hydrogen) atoms. The second kappa shape index (κ2) is 9.58. The van der Waals surface area contributed by atoms with E-state index in [9.17, 15) is 4.79 Å². The number of hydrogen-bond acceptors (Lipinski definition) is 4. The lowest BCUT2D eigenvalue weighted by molar-refractivity contribution is -0.107. The van der Waals surface area contributed by atoms with Crippen LogP contribution in [0, 0.1) is 0 Å². The molecule has 5 heteroatoms. The SMILES string of the molecule is C=CC(=O)Cl.OCC(O)CO. The van der Waals surface area contributed by atoms with E-state index < -0.39 is 11.3 Å². The Kier molecular flexibility index (Phi) is 11.5. The van der Waals surface area contributed by atoms with Gasteiger partial charge in [0, 0.05) is 0 Å². The van der Waals surface area contributed by atoms with Crippen LogP contribution >= 0.6 is 11.6 Å². The predicted octanol–water partition coefficient (Wildman–Crippen LogP) is -0.730. The molecule has 0 saturated carbocycles. The minimum atomic E-state index is -0.954. The lowest BCUT2D eigenvalue weighted by atomic mass is 10.4. The summed E-state index contributed by atoms with van der Waals surface area (Å²) in [5, 5.41) is 23.5. The normalized spacial score (nSPS) is 8.45. The summed E-state index contributed by atoms with van der Waals surface area (Å²) in [6.45, 7) is 2.35. The second-order valence-electron chi connectivity index (χ2n) is 1.53. The highest BCUT2D eigenvalue weighted by Crippen LogP contribution is 1.74. The number of rotatable bonds is 3. The number of aliphatic hydroxyl groups is 3. The van der Waals surface area contributed by atoms with Crippen LogP contribution in [0.4, 0.5) is 0 Å². The maximum absolute atomic E-state index is 9.46. The van der Waals surface area contributed by atoms with Crippen molar-refractivity contribution in [2.24, 2.45) is 0 Å². The van der Waals surface area contributed by atoms with Gasteiger partial charge in [-0.3, -0.25) is 4.79 Å². The van der Waals surface area contributed by atoms with E-state index in [-0.39, 0.29) is 13.2 Å². The first kappa shape index (κ1) is 13.2. The van der Waals surface area contributed by atoms with E-state index in [1.807, 2.05) is 0 Å². The molecule has 0 saturated heterocycles. The third-order valence-corrected chi connectivity index (χ3v) is 0.736. The largest absolute Gasteiger partial charge is 0.394 e. The van der Waals surface area contributed by atoms with Crippen LogP contribution in [0.25, 0.3) is 0 Å². The highest BCUT2D eigenvalue weighted by molar-refractivity contribution is 6.66. The fourth-order valence-corrected chi connectivity index (χ4v) is 0.0577. The van der Waals surface area contributed by atoms with E-state index in [0.29, 0.717) is 0 Å². The van der Waals surface area contributed by atoms with Crippen LogP contribution in [0.15, 0.2) is 12.7 Å². The van der Waals surface area contributed by atoms with Gasteiger partial charge in [-0.1, -0.05) is 6.58 Å². The van der Waals surface area contributed by atoms with Crippen LogP contribution in [-0.2, 0) is 4.79 Å². The fourth-order valence-electron chi connectivity index (χ4n) is 0.0577. The Bertz CT molecular complexity index is 111. The van der Waals surface area contributed by atoms with Gasteiger partial charge in [0.15, 0.2) is 0 Å². The zero-order valence-electron chi connectivity index (χ0n) is 5.90. The van der Waals surface area contributed by atoms with Crippen LogP contribution in [0.3, 0.4) is 0 Å². The van der Waals surface area contributed by atoms with Gasteiger partial charge in [0.1, 0.15) is 6.10 Å². The molecule has 0 radical (unpaired) electrons. The van der Waals surface area contributed by atoms with Crippen molar-refractivity contribution >= 4 is 16.8 Å². The molecule has 0 heterocycles. The summed E-state index contributed by atoms with van der Waals surface area (Å²) in [6.07, 6.45) is 0.0895. The van der Waals surface area contributed by atoms with E-state index in [1.54, 1.807) is 0 Å². The van der Waals surface area contributed by atoms with Crippen molar-refractivity contribution in [2.45, 2.75) is 6.10 Å². The molecule has 4 nitrogen and oxygen atoms in total. The summed E-state index contributed by atoms with van der Waals surface area (Å²) in [4.78, 5) is 9.46. The first-order valence-corrected chi connectivity index (χ1v) is 3.18. The molecule has 0 rings (SSSR count). The zero-order chi connectivity index (χ0) is 9.28. The van der Waals surface area contributed by atoms with Crippen LogP contribution in [-0.4, -0.2) is 39.9 Å². The van der Waals surface area contributed by atoms with Crippen molar-refractivity contribution in [1.82, 2.24) is 0 Å². The summed E-state index contributed by atoms with van der Waals surface area (Å²) in [7, 11) is 0. The van der Waals surface area contributed by atoms with Crippen molar-refractivity contribution in [3.8, 4) is 0 Å². The molecule has 0 aliphatic heterocycles. The van der Waals surface area contributed by atoms with E-state index in [4.69, 9.17) is 26.9 Å². The average molecular weight is 183 g/mol. The van der Waals surface area contributed by atoms with Gasteiger partial charge in [-0.2, -0.15) is 0 Å². The van der Waals surface area contributed by atoms with Crippen molar-refractivity contribution in [3.05, 3.63) is 12.7 Å². The van der Waals surface area contributed by atoms with E-state index >= 15 is 0 Å². The number of allylic oxidation sites excluding steroid dienone is 1. The third-order valence-electron chi connectivity index (χ3n) is 0.582. The number of hydrogen-bond donors (Lipinski definition) is 3. The smallest absolute Gasteiger partial charge is 0.244 e. The van der Waals surface area contributed by atoms with Gasteiger partial charge in [0.25, 0.3) is 0 Å². The van der Waals surface area contributed by atoms with Gasteiger partial charge in [-0.25, -0.2) is 0 Å². The maximum atomic E-state index is 9.46. The van der Waals surface area contributed by atoms with Gasteiger partial charge in [0.2, 0.25) is 5.24 Å². The summed E-state index contributed by atoms with van der Waals surface area (Å²) >= 11 is 4.71. The van der Waals surface area contributed by atoms with E-state index in [2.05, 4.69) is 6.58 Å². The second-order valence-corrected chi connectivity index (χ2v) is 1.90. The zero-order valence-corrected chi connectivity index (χ0v) is 6.66. The summed E-state index contributed by atoms with van der Waals surface area (Å²) in [5.74, 6) is 0. The fraction of sp³-hybridized carbons (Fsp3) is 0.500. The standard InChI is InChI=1S/C3H3ClO.C3H8O3/c1-2-3(4)5;4-1-3(6)2-5/h2H,1H2;3-6H,1-2H2. The molecule has 66 valence electrons. The average Bonchev–Trinajstić information content (AvgIpc) is 2.04. The van der Waals surface area contributed by atoms with Crippen molar-refractivity contribution < 1.29 is 20.1 Å². The summed E-state index contributed by atoms with van der Waals surface area (Å²) in [6, 6.07) is 0. The Morgan fingerprint density at radius 2 is 1.82 bits per heavy atom. The van der Waals surface area contributed by atoms with Crippen molar-refractivity contribution in [3.63, 3.8) is 0 Å². The molecule has 0 aliphatic rings. The van der Waals surface area contributed by atoms with Gasteiger partial charge in [-0.15, -0.1) is 0 Å². The molecule has 0 spiro atoms. The molecule has 0 aromatic rings. The van der Waals surface area contributed by atoms with Crippen LogP contribution in [0.5, 0.6) is 0 Å². The lowest BCUT2D eigenvalue weighted by Crippen LogP contribution is -2.15. The Morgan fingerprint density at radius 1 is 1.55 bits per heavy atom. The van der Waals surface area contributed by atoms with Gasteiger partial charge in [-0.05, 0) is 17.7 Å². The van der Waals surface area contributed by atoms with Crippen molar-refractivity contribution in [1.29, 1.82) is 0 Å². The highest BCUT2D eigenvalue weighted by atomic mass is 35.5. The number of carbonyl (C=O) groups excluding carboxylic acids is 1. The molecule has 3 N–H and O–H groups in total.